The summed E-state index contributed by atoms with van der Waals surface area (Å²) in [6.45, 7) is 11.1. The zero-order valence-electron chi connectivity index (χ0n) is 34.5. The SMILES string of the molecule is CCCCCCCCCOC(=O)CCCCC1(CCN(CCO)CCCCCCCC(=O)OCC(CCCCCCC)CCCCCCC)CC1. The molecule has 0 heterocycles. The second-order valence-corrected chi connectivity index (χ2v) is 16.3. The Bertz CT molecular complexity index is 771. The van der Waals surface area contributed by atoms with Crippen molar-refractivity contribution in [2.75, 3.05) is 39.5 Å². The zero-order chi connectivity index (χ0) is 37.1. The number of carbonyl (C=O) groups excluding carboxylic acids is 2. The molecular weight excluding hydrogens is 634 g/mol. The van der Waals surface area contributed by atoms with Gasteiger partial charge in [-0.2, -0.15) is 0 Å². The molecule has 1 aliphatic rings. The highest BCUT2D eigenvalue weighted by molar-refractivity contribution is 5.69. The Morgan fingerprint density at radius 3 is 1.61 bits per heavy atom. The van der Waals surface area contributed by atoms with Crippen LogP contribution in [0, 0.1) is 11.3 Å². The van der Waals surface area contributed by atoms with Crippen LogP contribution in [0.1, 0.15) is 226 Å². The van der Waals surface area contributed by atoms with Crippen molar-refractivity contribution in [1.82, 2.24) is 4.90 Å². The van der Waals surface area contributed by atoms with Crippen molar-refractivity contribution in [3.63, 3.8) is 0 Å². The van der Waals surface area contributed by atoms with E-state index in [1.165, 1.54) is 148 Å². The molecule has 0 aromatic heterocycles. The molecule has 0 amide bonds. The minimum absolute atomic E-state index is 0.00109. The lowest BCUT2D eigenvalue weighted by Gasteiger charge is -2.24. The van der Waals surface area contributed by atoms with Crippen molar-refractivity contribution in [3.8, 4) is 0 Å². The first-order valence-electron chi connectivity index (χ1n) is 22.6. The summed E-state index contributed by atoms with van der Waals surface area (Å²) in [5, 5.41) is 9.66. The number of aliphatic hydroxyl groups is 1. The summed E-state index contributed by atoms with van der Waals surface area (Å²) >= 11 is 0. The molecule has 1 rings (SSSR count). The van der Waals surface area contributed by atoms with E-state index in [1.54, 1.807) is 0 Å². The fourth-order valence-electron chi connectivity index (χ4n) is 7.56. The van der Waals surface area contributed by atoms with E-state index in [4.69, 9.17) is 9.47 Å². The van der Waals surface area contributed by atoms with Crippen LogP contribution in [-0.2, 0) is 19.1 Å². The number of hydrogen-bond acceptors (Lipinski definition) is 6. The maximum absolute atomic E-state index is 12.5. The predicted molar refractivity (Wildman–Crippen MR) is 216 cm³/mol. The number of aliphatic hydroxyl groups excluding tert-OH is 1. The number of carbonyl (C=O) groups is 2. The van der Waals surface area contributed by atoms with Crippen molar-refractivity contribution >= 4 is 11.9 Å². The number of ether oxygens (including phenoxy) is 2. The number of nitrogens with zero attached hydrogens (tertiary/aromatic N) is 1. The molecule has 0 radical (unpaired) electrons. The molecule has 0 aromatic carbocycles. The van der Waals surface area contributed by atoms with Gasteiger partial charge in [-0.15, -0.1) is 0 Å². The van der Waals surface area contributed by atoms with E-state index in [0.717, 1.165) is 64.6 Å². The number of hydrogen-bond donors (Lipinski definition) is 1. The summed E-state index contributed by atoms with van der Waals surface area (Å²) < 4.78 is 11.3. The Hall–Kier alpha value is -1.14. The average Bonchev–Trinajstić information content (AvgIpc) is 3.91. The first-order valence-corrected chi connectivity index (χ1v) is 22.6. The summed E-state index contributed by atoms with van der Waals surface area (Å²) in [5.41, 5.74) is 0.466. The van der Waals surface area contributed by atoms with Crippen LogP contribution < -0.4 is 0 Å². The van der Waals surface area contributed by atoms with Gasteiger partial charge in [0.15, 0.2) is 0 Å². The van der Waals surface area contributed by atoms with Gasteiger partial charge in [-0.1, -0.05) is 149 Å². The Kier molecular flexibility index (Phi) is 32.5. The molecule has 6 heteroatoms. The van der Waals surface area contributed by atoms with Gasteiger partial charge >= 0.3 is 11.9 Å². The first-order chi connectivity index (χ1) is 25.0. The molecule has 302 valence electrons. The number of esters is 2. The highest BCUT2D eigenvalue weighted by atomic mass is 16.5. The molecule has 0 unspecified atom stereocenters. The minimum atomic E-state index is -0.0179. The largest absolute Gasteiger partial charge is 0.466 e. The van der Waals surface area contributed by atoms with Crippen LogP contribution in [-0.4, -0.2) is 61.4 Å². The summed E-state index contributed by atoms with van der Waals surface area (Å²) in [6.07, 6.45) is 37.9. The molecule has 1 N–H and O–H groups in total. The lowest BCUT2D eigenvalue weighted by atomic mass is 9.94. The normalized spacial score (nSPS) is 13.7. The van der Waals surface area contributed by atoms with Gasteiger partial charge < -0.3 is 19.5 Å². The highest BCUT2D eigenvalue weighted by Gasteiger charge is 2.41. The van der Waals surface area contributed by atoms with Gasteiger partial charge in [0.2, 0.25) is 0 Å². The fraction of sp³-hybridized carbons (Fsp3) is 0.956. The van der Waals surface area contributed by atoms with Gasteiger partial charge in [-0.05, 0) is 88.6 Å². The Morgan fingerprint density at radius 2 is 1.04 bits per heavy atom. The summed E-state index contributed by atoms with van der Waals surface area (Å²) in [6, 6.07) is 0. The van der Waals surface area contributed by atoms with Gasteiger partial charge in [0, 0.05) is 19.4 Å². The lowest BCUT2D eigenvalue weighted by molar-refractivity contribution is -0.145. The van der Waals surface area contributed by atoms with Crippen LogP contribution >= 0.6 is 0 Å². The Balaban J connectivity index is 2.13. The van der Waals surface area contributed by atoms with E-state index in [1.807, 2.05) is 0 Å². The molecule has 0 aliphatic heterocycles. The summed E-state index contributed by atoms with van der Waals surface area (Å²) in [4.78, 5) is 27.1. The fourth-order valence-corrected chi connectivity index (χ4v) is 7.56. The number of unbranched alkanes of at least 4 members (excludes halogenated alkanes) is 19. The molecule has 6 nitrogen and oxygen atoms in total. The Morgan fingerprint density at radius 1 is 0.549 bits per heavy atom. The third kappa shape index (κ3) is 29.9. The average molecular weight is 722 g/mol. The van der Waals surface area contributed by atoms with Crippen LogP contribution in [0.25, 0.3) is 0 Å². The topological polar surface area (TPSA) is 76.1 Å². The van der Waals surface area contributed by atoms with Crippen molar-refractivity contribution in [2.24, 2.45) is 11.3 Å². The van der Waals surface area contributed by atoms with Crippen molar-refractivity contribution in [3.05, 3.63) is 0 Å². The van der Waals surface area contributed by atoms with E-state index in [-0.39, 0.29) is 18.5 Å². The van der Waals surface area contributed by atoms with E-state index < -0.39 is 0 Å². The molecule has 1 fully saturated rings. The van der Waals surface area contributed by atoms with Crippen LogP contribution in [0.3, 0.4) is 0 Å². The van der Waals surface area contributed by atoms with E-state index in [2.05, 4.69) is 25.7 Å². The maximum atomic E-state index is 12.5. The highest BCUT2D eigenvalue weighted by Crippen LogP contribution is 2.53. The second kappa shape index (κ2) is 34.6. The molecule has 0 spiro atoms. The molecule has 1 aliphatic carbocycles. The monoisotopic (exact) mass is 722 g/mol. The molecule has 0 aromatic rings. The van der Waals surface area contributed by atoms with E-state index >= 15 is 0 Å². The molecule has 1 saturated carbocycles. The standard InChI is InChI=1S/C45H87NO5/c1-4-7-10-13-14-20-27-40-50-43(48)31-24-25-32-45(33-34-45)35-37-46(38-39-47)36-26-19-15-18-23-30-44(49)51-41-42(28-21-16-11-8-5-2)29-22-17-12-9-6-3/h42,47H,4-41H2,1-3H3. The predicted octanol–water partition coefficient (Wildman–Crippen LogP) is 12.5. The van der Waals surface area contributed by atoms with Gasteiger partial charge in [0.25, 0.3) is 0 Å². The molecule has 51 heavy (non-hydrogen) atoms. The third-order valence-electron chi connectivity index (χ3n) is 11.4. The Labute approximate surface area is 317 Å². The van der Waals surface area contributed by atoms with Gasteiger partial charge in [0.1, 0.15) is 0 Å². The molecule has 0 bridgehead atoms. The van der Waals surface area contributed by atoms with Gasteiger partial charge in [-0.25, -0.2) is 0 Å². The summed E-state index contributed by atoms with van der Waals surface area (Å²) in [5.74, 6) is 0.517. The minimum Gasteiger partial charge on any atom is -0.466 e. The van der Waals surface area contributed by atoms with E-state index in [9.17, 15) is 14.7 Å². The second-order valence-electron chi connectivity index (χ2n) is 16.3. The van der Waals surface area contributed by atoms with Crippen molar-refractivity contribution < 1.29 is 24.2 Å². The maximum Gasteiger partial charge on any atom is 0.305 e. The van der Waals surface area contributed by atoms with Crippen LogP contribution in [0.15, 0.2) is 0 Å². The van der Waals surface area contributed by atoms with Gasteiger partial charge in [-0.3, -0.25) is 9.59 Å². The van der Waals surface area contributed by atoms with E-state index in [0.29, 0.717) is 37.4 Å². The first kappa shape index (κ1) is 47.9. The van der Waals surface area contributed by atoms with Crippen LogP contribution in [0.2, 0.25) is 0 Å². The smallest absolute Gasteiger partial charge is 0.305 e. The molecule has 0 atom stereocenters. The number of rotatable bonds is 40. The van der Waals surface area contributed by atoms with Crippen LogP contribution in [0.4, 0.5) is 0 Å². The van der Waals surface area contributed by atoms with Gasteiger partial charge in [0.05, 0.1) is 19.8 Å². The summed E-state index contributed by atoms with van der Waals surface area (Å²) in [7, 11) is 0. The molecule has 0 saturated heterocycles. The third-order valence-corrected chi connectivity index (χ3v) is 11.4. The van der Waals surface area contributed by atoms with Crippen LogP contribution in [0.5, 0.6) is 0 Å². The zero-order valence-corrected chi connectivity index (χ0v) is 34.5. The lowest BCUT2D eigenvalue weighted by Crippen LogP contribution is -2.30. The molecular formula is C45H87NO5. The quantitative estimate of drug-likeness (QED) is 0.0501. The van der Waals surface area contributed by atoms with Crippen molar-refractivity contribution in [2.45, 2.75) is 226 Å². The van der Waals surface area contributed by atoms with Crippen molar-refractivity contribution in [1.29, 1.82) is 0 Å².